The van der Waals surface area contributed by atoms with Gasteiger partial charge in [-0.05, 0) is 42.6 Å². The predicted molar refractivity (Wildman–Crippen MR) is 91.8 cm³/mol. The molecule has 0 unspecified atom stereocenters. The van der Waals surface area contributed by atoms with Crippen LogP contribution in [0.2, 0.25) is 5.02 Å². The van der Waals surface area contributed by atoms with Crippen molar-refractivity contribution in [2.75, 3.05) is 13.1 Å². The minimum atomic E-state index is -1.02. The van der Waals surface area contributed by atoms with Crippen LogP contribution in [-0.4, -0.2) is 28.7 Å². The molecule has 1 aromatic carbocycles. The van der Waals surface area contributed by atoms with Crippen molar-refractivity contribution in [3.8, 4) is 11.1 Å². The van der Waals surface area contributed by atoms with E-state index in [1.54, 1.807) is 12.1 Å². The normalized spacial score (nSPS) is 22.0. The van der Waals surface area contributed by atoms with Gasteiger partial charge < -0.3 is 15.0 Å². The van der Waals surface area contributed by atoms with Crippen LogP contribution in [0, 0.1) is 5.92 Å². The summed E-state index contributed by atoms with van der Waals surface area (Å²) in [4.78, 5) is 23.6. The number of aromatic nitrogens is 1. The Morgan fingerprint density at radius 1 is 1.25 bits per heavy atom. The number of piperidine rings is 1. The van der Waals surface area contributed by atoms with E-state index in [-0.39, 0.29) is 11.1 Å². The molecule has 2 aromatic rings. The third-order valence-corrected chi connectivity index (χ3v) is 5.30. The Kier molecular flexibility index (Phi) is 3.70. The molecule has 4 rings (SSSR count). The number of halogens is 1. The lowest BCUT2D eigenvalue weighted by Gasteiger charge is -2.37. The van der Waals surface area contributed by atoms with Crippen LogP contribution < -0.4 is 10.9 Å². The van der Waals surface area contributed by atoms with Crippen LogP contribution in [0.1, 0.15) is 28.4 Å². The van der Waals surface area contributed by atoms with Gasteiger partial charge in [-0.15, -0.1) is 0 Å². The van der Waals surface area contributed by atoms with Crippen molar-refractivity contribution in [2.24, 2.45) is 5.92 Å². The first-order chi connectivity index (χ1) is 11.5. The molecule has 0 spiro atoms. The van der Waals surface area contributed by atoms with Crippen molar-refractivity contribution < 1.29 is 9.90 Å². The topological polar surface area (TPSA) is 71.3 Å². The van der Waals surface area contributed by atoms with E-state index in [4.69, 9.17) is 16.7 Å². The van der Waals surface area contributed by atoms with Gasteiger partial charge in [0.05, 0.1) is 5.56 Å². The Balaban J connectivity index is 1.82. The molecule has 2 bridgehead atoms. The molecule has 1 aromatic heterocycles. The zero-order chi connectivity index (χ0) is 16.8. The Hall–Kier alpha value is -2.11. The summed E-state index contributed by atoms with van der Waals surface area (Å²) in [6.45, 7) is 2.60. The number of carbonyl (C=O) groups is 1. The van der Waals surface area contributed by atoms with Crippen LogP contribution in [0.25, 0.3) is 11.1 Å². The average molecular weight is 345 g/mol. The van der Waals surface area contributed by atoms with E-state index >= 15 is 0 Å². The monoisotopic (exact) mass is 344 g/mol. The van der Waals surface area contributed by atoms with Crippen molar-refractivity contribution in [1.29, 1.82) is 0 Å². The van der Waals surface area contributed by atoms with Crippen LogP contribution in [0.3, 0.4) is 0 Å². The fourth-order valence-electron chi connectivity index (χ4n) is 3.84. The Bertz CT molecular complexity index is 890. The number of rotatable bonds is 2. The Labute approximate surface area is 143 Å². The first kappa shape index (κ1) is 15.4. The van der Waals surface area contributed by atoms with Gasteiger partial charge in [0.2, 0.25) is 0 Å². The van der Waals surface area contributed by atoms with Gasteiger partial charge in [0.25, 0.3) is 5.56 Å². The van der Waals surface area contributed by atoms with Gasteiger partial charge in [0.15, 0.2) is 0 Å². The summed E-state index contributed by atoms with van der Waals surface area (Å²) in [5.41, 5.74) is 2.60. The van der Waals surface area contributed by atoms with Crippen molar-refractivity contribution in [1.82, 2.24) is 9.88 Å². The molecule has 1 fully saturated rings. The van der Waals surface area contributed by atoms with E-state index in [0.29, 0.717) is 22.4 Å². The number of aromatic carboxylic acids is 1. The Morgan fingerprint density at radius 3 is 2.83 bits per heavy atom. The molecule has 5 nitrogen and oxygen atoms in total. The maximum Gasteiger partial charge on any atom is 0.335 e. The molecular weight excluding hydrogens is 328 g/mol. The lowest BCUT2D eigenvalue weighted by atomic mass is 9.83. The highest BCUT2D eigenvalue weighted by Gasteiger charge is 2.31. The molecule has 2 N–H and O–H groups in total. The third kappa shape index (κ3) is 2.54. The van der Waals surface area contributed by atoms with Gasteiger partial charge >= 0.3 is 5.97 Å². The number of fused-ring (bicyclic) bond motifs is 4. The second-order valence-corrected chi connectivity index (χ2v) is 6.98. The molecule has 2 atom stereocenters. The number of nitrogens with one attached hydrogen (secondary N) is 1. The fraction of sp³-hybridized carbons (Fsp3) is 0.333. The van der Waals surface area contributed by atoms with Gasteiger partial charge in [-0.25, -0.2) is 4.79 Å². The molecule has 1 saturated heterocycles. The van der Waals surface area contributed by atoms with E-state index in [1.807, 2.05) is 10.6 Å². The Morgan fingerprint density at radius 2 is 2.08 bits per heavy atom. The van der Waals surface area contributed by atoms with E-state index in [2.05, 4.69) is 5.32 Å². The summed E-state index contributed by atoms with van der Waals surface area (Å²) in [7, 11) is 0. The number of hydrogen-bond acceptors (Lipinski definition) is 3. The average Bonchev–Trinajstić information content (AvgIpc) is 2.56. The molecule has 2 aliphatic heterocycles. The minimum absolute atomic E-state index is 0.0162. The number of pyridine rings is 1. The van der Waals surface area contributed by atoms with Gasteiger partial charge in [0, 0.05) is 41.4 Å². The number of carboxylic acid groups (broad SMARTS) is 1. The van der Waals surface area contributed by atoms with Crippen molar-refractivity contribution in [2.45, 2.75) is 18.9 Å². The minimum Gasteiger partial charge on any atom is -0.478 e. The molecule has 3 heterocycles. The first-order valence-electron chi connectivity index (χ1n) is 8.01. The van der Waals surface area contributed by atoms with Crippen LogP contribution in [0.4, 0.5) is 0 Å². The summed E-state index contributed by atoms with van der Waals surface area (Å²) in [5.74, 6) is -0.172. The zero-order valence-corrected chi connectivity index (χ0v) is 13.7. The standard InChI is InChI=1S/C18H17ClN2O3/c19-15-4-11(18(23)24)1-2-14(15)12-5-16-13-3-10(7-20-8-13)9-21(16)17(22)6-12/h1-2,4-6,10,13,20H,3,7-9H2,(H,23,24)/t10-,13+/m0/s1. The van der Waals surface area contributed by atoms with Crippen molar-refractivity contribution in [3.05, 3.63) is 57.0 Å². The number of carboxylic acids is 1. The summed E-state index contributed by atoms with van der Waals surface area (Å²) in [6.07, 6.45) is 1.10. The first-order valence-corrected chi connectivity index (χ1v) is 8.39. The lowest BCUT2D eigenvalue weighted by Crippen LogP contribution is -2.44. The van der Waals surface area contributed by atoms with Crippen LogP contribution in [-0.2, 0) is 6.54 Å². The number of benzene rings is 1. The second kappa shape index (κ2) is 5.76. The highest BCUT2D eigenvalue weighted by atomic mass is 35.5. The number of hydrogen-bond donors (Lipinski definition) is 2. The maximum absolute atomic E-state index is 12.6. The highest BCUT2D eigenvalue weighted by molar-refractivity contribution is 6.33. The molecule has 24 heavy (non-hydrogen) atoms. The van der Waals surface area contributed by atoms with Gasteiger partial charge in [-0.1, -0.05) is 17.7 Å². The second-order valence-electron chi connectivity index (χ2n) is 6.57. The molecule has 0 aliphatic carbocycles. The van der Waals surface area contributed by atoms with Crippen LogP contribution >= 0.6 is 11.6 Å². The van der Waals surface area contributed by atoms with Crippen molar-refractivity contribution >= 4 is 17.6 Å². The smallest absolute Gasteiger partial charge is 0.335 e. The van der Waals surface area contributed by atoms with Crippen LogP contribution in [0.15, 0.2) is 35.1 Å². The van der Waals surface area contributed by atoms with E-state index in [9.17, 15) is 9.59 Å². The van der Waals surface area contributed by atoms with Crippen molar-refractivity contribution in [3.63, 3.8) is 0 Å². The van der Waals surface area contributed by atoms with E-state index in [0.717, 1.165) is 37.3 Å². The summed E-state index contributed by atoms with van der Waals surface area (Å²) >= 11 is 6.26. The molecule has 0 amide bonds. The fourth-order valence-corrected chi connectivity index (χ4v) is 4.13. The molecule has 0 saturated carbocycles. The number of nitrogens with zero attached hydrogens (tertiary/aromatic N) is 1. The van der Waals surface area contributed by atoms with Gasteiger partial charge in [0.1, 0.15) is 0 Å². The highest BCUT2D eigenvalue weighted by Crippen LogP contribution is 2.35. The van der Waals surface area contributed by atoms with Gasteiger partial charge in [-0.2, -0.15) is 0 Å². The molecular formula is C18H17ClN2O3. The summed E-state index contributed by atoms with van der Waals surface area (Å²) in [6, 6.07) is 8.23. The summed E-state index contributed by atoms with van der Waals surface area (Å²) < 4.78 is 1.88. The van der Waals surface area contributed by atoms with Crippen LogP contribution in [0.5, 0.6) is 0 Å². The molecule has 124 valence electrons. The summed E-state index contributed by atoms with van der Waals surface area (Å²) in [5, 5.41) is 12.8. The molecule has 0 radical (unpaired) electrons. The van der Waals surface area contributed by atoms with E-state index < -0.39 is 5.97 Å². The largest absolute Gasteiger partial charge is 0.478 e. The maximum atomic E-state index is 12.6. The van der Waals surface area contributed by atoms with Gasteiger partial charge in [-0.3, -0.25) is 4.79 Å². The third-order valence-electron chi connectivity index (χ3n) is 4.99. The SMILES string of the molecule is O=C(O)c1ccc(-c2cc3n(c(=O)c2)C[C@@H]2CNC[C@H]3C2)c(Cl)c1. The quantitative estimate of drug-likeness (QED) is 0.878. The zero-order valence-electron chi connectivity index (χ0n) is 13.0. The predicted octanol–water partition coefficient (Wildman–Crippen LogP) is 2.57. The molecule has 2 aliphatic rings. The van der Waals surface area contributed by atoms with E-state index in [1.165, 1.54) is 12.1 Å². The lowest BCUT2D eigenvalue weighted by molar-refractivity contribution is 0.0697. The molecule has 6 heteroatoms.